The Hall–Kier alpha value is -2.92. The summed E-state index contributed by atoms with van der Waals surface area (Å²) in [5.74, 6) is 2.31. The van der Waals surface area contributed by atoms with E-state index in [0.717, 1.165) is 54.0 Å². The molecule has 1 aliphatic rings. The van der Waals surface area contributed by atoms with Gasteiger partial charge in [0.05, 0.1) is 29.3 Å². The molecule has 3 aromatic rings. The van der Waals surface area contributed by atoms with Gasteiger partial charge in [-0.15, -0.1) is 23.7 Å². The fourth-order valence-electron chi connectivity index (χ4n) is 3.53. The van der Waals surface area contributed by atoms with E-state index in [9.17, 15) is 4.39 Å². The number of aromatic nitrogens is 3. The van der Waals surface area contributed by atoms with Gasteiger partial charge in [-0.3, -0.25) is 4.90 Å². The predicted octanol–water partition coefficient (Wildman–Crippen LogP) is 2.25. The molecule has 0 aliphatic carbocycles. The van der Waals surface area contributed by atoms with Crippen LogP contribution in [0.3, 0.4) is 0 Å². The van der Waals surface area contributed by atoms with Crippen LogP contribution in [0.1, 0.15) is 17.0 Å². The minimum absolute atomic E-state index is 0.323. The quantitative estimate of drug-likeness (QED) is 0.557. The standard InChI is InChI=1S/C24H23FN4OS/c1-2-3-4-19-22(7-9-29-10-12-30-13-11-29)27-17-28-24(19)20-15-18(5-6-21(20)25)16-23-26-8-14-31-23/h1,4-8,14-15,17H,3,9-13,16H2/b19-4+,22-7+. The first kappa shape index (κ1) is 21.3. The van der Waals surface area contributed by atoms with E-state index in [1.165, 1.54) is 12.4 Å². The van der Waals surface area contributed by atoms with Crippen molar-refractivity contribution in [2.24, 2.45) is 0 Å². The van der Waals surface area contributed by atoms with E-state index >= 15 is 0 Å². The Labute approximate surface area is 185 Å². The van der Waals surface area contributed by atoms with Crippen LogP contribution in [-0.2, 0) is 11.2 Å². The summed E-state index contributed by atoms with van der Waals surface area (Å²) in [5, 5.41) is 4.45. The van der Waals surface area contributed by atoms with Gasteiger partial charge in [0.2, 0.25) is 0 Å². The zero-order valence-electron chi connectivity index (χ0n) is 17.1. The van der Waals surface area contributed by atoms with Gasteiger partial charge in [-0.2, -0.15) is 0 Å². The highest BCUT2D eigenvalue weighted by molar-refractivity contribution is 7.09. The Morgan fingerprint density at radius 3 is 2.84 bits per heavy atom. The number of thiazole rings is 1. The van der Waals surface area contributed by atoms with Crippen LogP contribution in [0.2, 0.25) is 0 Å². The zero-order valence-corrected chi connectivity index (χ0v) is 17.9. The number of ether oxygens (including phenoxy) is 1. The van der Waals surface area contributed by atoms with Gasteiger partial charge >= 0.3 is 0 Å². The molecule has 0 N–H and O–H groups in total. The summed E-state index contributed by atoms with van der Waals surface area (Å²) in [5.41, 5.74) is 1.98. The molecule has 1 saturated heterocycles. The van der Waals surface area contributed by atoms with Crippen LogP contribution in [0, 0.1) is 18.2 Å². The molecule has 7 heteroatoms. The van der Waals surface area contributed by atoms with Crippen LogP contribution in [0.25, 0.3) is 23.4 Å². The molecule has 1 aliphatic heterocycles. The maximum atomic E-state index is 14.9. The van der Waals surface area contributed by atoms with Crippen molar-refractivity contribution in [3.8, 4) is 23.6 Å². The fourth-order valence-corrected chi connectivity index (χ4v) is 4.18. The Balaban J connectivity index is 1.75. The van der Waals surface area contributed by atoms with Crippen molar-refractivity contribution in [3.63, 3.8) is 0 Å². The Bertz CT molecular complexity index is 1180. The highest BCUT2D eigenvalue weighted by atomic mass is 32.1. The van der Waals surface area contributed by atoms with Crippen LogP contribution in [0.5, 0.6) is 0 Å². The first-order chi connectivity index (χ1) is 15.2. The lowest BCUT2D eigenvalue weighted by atomic mass is 10.0. The molecule has 0 bridgehead atoms. The lowest BCUT2D eigenvalue weighted by molar-refractivity contribution is 0.0449. The number of hydrogen-bond donors (Lipinski definition) is 0. The van der Waals surface area contributed by atoms with E-state index < -0.39 is 0 Å². The molecule has 0 spiro atoms. The minimum atomic E-state index is -0.323. The third-order valence-corrected chi connectivity index (χ3v) is 5.89. The van der Waals surface area contributed by atoms with Gasteiger partial charge in [0, 0.05) is 54.8 Å². The van der Waals surface area contributed by atoms with Crippen LogP contribution in [-0.4, -0.2) is 52.7 Å². The normalized spacial score (nSPS) is 15.9. The lowest BCUT2D eigenvalue weighted by Crippen LogP contribution is -2.38. The number of morpholine rings is 1. The van der Waals surface area contributed by atoms with Gasteiger partial charge < -0.3 is 4.74 Å². The summed E-state index contributed by atoms with van der Waals surface area (Å²) in [7, 11) is 0. The van der Waals surface area contributed by atoms with Crippen molar-refractivity contribution in [1.29, 1.82) is 0 Å². The van der Waals surface area contributed by atoms with E-state index in [0.29, 0.717) is 24.1 Å². The summed E-state index contributed by atoms with van der Waals surface area (Å²) in [6, 6.07) is 5.12. The summed E-state index contributed by atoms with van der Waals surface area (Å²) >= 11 is 1.58. The number of rotatable bonds is 6. The van der Waals surface area contributed by atoms with Crippen LogP contribution in [0.4, 0.5) is 4.39 Å². The van der Waals surface area contributed by atoms with Gasteiger partial charge in [-0.05, 0) is 23.8 Å². The Kier molecular flexibility index (Phi) is 7.15. The molecular formula is C24H23FN4OS. The highest BCUT2D eigenvalue weighted by Crippen LogP contribution is 2.21. The molecule has 1 aromatic carbocycles. The minimum Gasteiger partial charge on any atom is -0.379 e. The van der Waals surface area contributed by atoms with Crippen molar-refractivity contribution >= 4 is 23.5 Å². The van der Waals surface area contributed by atoms with E-state index in [-0.39, 0.29) is 5.82 Å². The van der Waals surface area contributed by atoms with E-state index in [2.05, 4.69) is 31.8 Å². The summed E-state index contributed by atoms with van der Waals surface area (Å²) < 4.78 is 20.3. The monoisotopic (exact) mass is 434 g/mol. The second-order valence-corrected chi connectivity index (χ2v) is 8.15. The molecule has 31 heavy (non-hydrogen) atoms. The Morgan fingerprint density at radius 1 is 1.19 bits per heavy atom. The van der Waals surface area contributed by atoms with Gasteiger partial charge in [-0.25, -0.2) is 19.3 Å². The maximum Gasteiger partial charge on any atom is 0.132 e. The van der Waals surface area contributed by atoms with Gasteiger partial charge in [0.1, 0.15) is 12.1 Å². The first-order valence-corrected chi connectivity index (χ1v) is 11.0. The molecule has 158 valence electrons. The topological polar surface area (TPSA) is 51.1 Å². The van der Waals surface area contributed by atoms with E-state index in [4.69, 9.17) is 11.2 Å². The van der Waals surface area contributed by atoms with Crippen molar-refractivity contribution in [2.75, 3.05) is 32.8 Å². The van der Waals surface area contributed by atoms with Crippen LogP contribution in [0.15, 0.2) is 36.1 Å². The predicted molar refractivity (Wildman–Crippen MR) is 121 cm³/mol. The highest BCUT2D eigenvalue weighted by Gasteiger charge is 2.12. The second-order valence-electron chi connectivity index (χ2n) is 7.17. The molecule has 0 saturated carbocycles. The third kappa shape index (κ3) is 5.42. The van der Waals surface area contributed by atoms with E-state index in [1.807, 2.05) is 17.5 Å². The van der Waals surface area contributed by atoms with Gasteiger partial charge in [0.25, 0.3) is 0 Å². The summed E-state index contributed by atoms with van der Waals surface area (Å²) in [6.45, 7) is 3.96. The van der Waals surface area contributed by atoms with Crippen molar-refractivity contribution in [3.05, 3.63) is 63.1 Å². The summed E-state index contributed by atoms with van der Waals surface area (Å²) in [6.07, 6.45) is 13.8. The molecule has 3 heterocycles. The van der Waals surface area contributed by atoms with Crippen molar-refractivity contribution < 1.29 is 9.13 Å². The average molecular weight is 435 g/mol. The largest absolute Gasteiger partial charge is 0.379 e. The lowest BCUT2D eigenvalue weighted by Gasteiger charge is -2.25. The molecule has 5 nitrogen and oxygen atoms in total. The number of nitrogens with zero attached hydrogens (tertiary/aromatic N) is 4. The SMILES string of the molecule is C#CC/C=c1/c(-c2cc(Cc3nccs3)ccc2F)ncn/c1=C/CN1CCOCC1. The molecule has 4 rings (SSSR count). The first-order valence-electron chi connectivity index (χ1n) is 10.2. The smallest absolute Gasteiger partial charge is 0.132 e. The zero-order chi connectivity index (χ0) is 21.5. The van der Waals surface area contributed by atoms with Crippen molar-refractivity contribution in [1.82, 2.24) is 19.9 Å². The molecule has 0 atom stereocenters. The number of benzene rings is 1. The van der Waals surface area contributed by atoms with Gasteiger partial charge in [-0.1, -0.05) is 12.1 Å². The van der Waals surface area contributed by atoms with Crippen LogP contribution >= 0.6 is 11.3 Å². The maximum absolute atomic E-state index is 14.9. The van der Waals surface area contributed by atoms with E-state index in [1.54, 1.807) is 23.6 Å². The molecular weight excluding hydrogens is 411 g/mol. The average Bonchev–Trinajstić information content (AvgIpc) is 3.31. The van der Waals surface area contributed by atoms with Crippen LogP contribution < -0.4 is 10.6 Å². The molecule has 0 unspecified atom stereocenters. The van der Waals surface area contributed by atoms with Gasteiger partial charge in [0.15, 0.2) is 0 Å². The number of hydrogen-bond acceptors (Lipinski definition) is 6. The molecule has 2 aromatic heterocycles. The fraction of sp³-hybridized carbons (Fsp3) is 0.292. The number of terminal acetylenes is 1. The molecule has 1 fully saturated rings. The summed E-state index contributed by atoms with van der Waals surface area (Å²) in [4.78, 5) is 15.5. The molecule has 0 radical (unpaired) electrons. The number of halogens is 1. The second kappa shape index (κ2) is 10.4. The molecule has 0 amide bonds. The Morgan fingerprint density at radius 2 is 2.06 bits per heavy atom. The van der Waals surface area contributed by atoms with Crippen molar-refractivity contribution in [2.45, 2.75) is 12.8 Å². The third-order valence-electron chi connectivity index (χ3n) is 5.11.